The molecule has 0 spiro atoms. The molecule has 134 valence electrons. The quantitative estimate of drug-likeness (QED) is 0.306. The van der Waals surface area contributed by atoms with Gasteiger partial charge in [-0.25, -0.2) is 0 Å². The molecule has 0 aliphatic heterocycles. The summed E-state index contributed by atoms with van der Waals surface area (Å²) in [6.45, 7) is 2.20. The summed E-state index contributed by atoms with van der Waals surface area (Å²) in [5.74, 6) is -1.05. The molecule has 0 aromatic rings. The van der Waals surface area contributed by atoms with E-state index in [1.807, 2.05) is 12.2 Å². The maximum atomic E-state index is 10.7. The molecule has 0 bridgehead atoms. The molecule has 0 aromatic carbocycles. The van der Waals surface area contributed by atoms with E-state index in [0.717, 1.165) is 25.7 Å². The van der Waals surface area contributed by atoms with Gasteiger partial charge in [0.2, 0.25) is 0 Å². The molecule has 0 heterocycles. The Morgan fingerprint density at radius 3 is 2.62 bits per heavy atom. The van der Waals surface area contributed by atoms with Gasteiger partial charge in [-0.2, -0.15) is 0 Å². The Labute approximate surface area is 169 Å². The summed E-state index contributed by atoms with van der Waals surface area (Å²) in [5, 5.41) is 31.0. The topological polar surface area (TPSA) is 80.6 Å². The van der Waals surface area contributed by atoms with Crippen LogP contribution >= 0.6 is 0 Å². The third-order valence-electron chi connectivity index (χ3n) is 4.79. The Kier molecular flexibility index (Phi) is 13.4. The van der Waals surface area contributed by atoms with Gasteiger partial charge in [0, 0.05) is 12.4 Å². The molecular formula is C19H33NaO4. The predicted molar refractivity (Wildman–Crippen MR) is 89.7 cm³/mol. The summed E-state index contributed by atoms with van der Waals surface area (Å²) in [5.41, 5.74) is -1.14. The van der Waals surface area contributed by atoms with E-state index in [-0.39, 0.29) is 41.9 Å². The van der Waals surface area contributed by atoms with Gasteiger partial charge in [0.05, 0.1) is 11.7 Å². The first-order valence-corrected chi connectivity index (χ1v) is 9.24. The van der Waals surface area contributed by atoms with E-state index in [9.17, 15) is 20.1 Å². The molecule has 1 rings (SSSR count). The molecule has 0 radical (unpaired) electrons. The molecule has 0 saturated heterocycles. The van der Waals surface area contributed by atoms with Crippen molar-refractivity contribution < 1.29 is 49.7 Å². The summed E-state index contributed by atoms with van der Waals surface area (Å²) in [6.07, 6.45) is 13.8. The molecule has 4 nitrogen and oxygen atoms in total. The molecule has 1 aliphatic rings. The molecular weight excluding hydrogens is 315 g/mol. The zero-order valence-corrected chi connectivity index (χ0v) is 17.5. The number of carboxylic acids is 1. The van der Waals surface area contributed by atoms with Crippen LogP contribution in [0.4, 0.5) is 0 Å². The second-order valence-corrected chi connectivity index (χ2v) is 7.14. The minimum Gasteiger partial charge on any atom is -0.550 e. The molecule has 24 heavy (non-hydrogen) atoms. The monoisotopic (exact) mass is 348 g/mol. The van der Waals surface area contributed by atoms with Gasteiger partial charge >= 0.3 is 29.6 Å². The van der Waals surface area contributed by atoms with Crippen LogP contribution in [0, 0.1) is 5.92 Å². The smallest absolute Gasteiger partial charge is 0.550 e. The third kappa shape index (κ3) is 10.9. The van der Waals surface area contributed by atoms with Crippen molar-refractivity contribution in [1.82, 2.24) is 0 Å². The fourth-order valence-electron chi connectivity index (χ4n) is 3.49. The second kappa shape index (κ2) is 13.3. The number of aliphatic carboxylic acids is 1. The average Bonchev–Trinajstić information content (AvgIpc) is 2.47. The molecule has 0 unspecified atom stereocenters. The first-order valence-electron chi connectivity index (χ1n) is 9.24. The van der Waals surface area contributed by atoms with E-state index in [4.69, 9.17) is 0 Å². The first kappa shape index (κ1) is 24.1. The fraction of sp³-hybridized carbons (Fsp3) is 0.842. The van der Waals surface area contributed by atoms with Crippen LogP contribution in [-0.4, -0.2) is 27.9 Å². The Hall–Kier alpha value is 0.130. The Balaban J connectivity index is 0.00000529. The van der Waals surface area contributed by atoms with Crippen LogP contribution in [0.3, 0.4) is 0 Å². The van der Waals surface area contributed by atoms with E-state index in [1.54, 1.807) is 0 Å². The number of hydrogen-bond donors (Lipinski definition) is 2. The van der Waals surface area contributed by atoms with Crippen LogP contribution in [0.1, 0.15) is 84.0 Å². The summed E-state index contributed by atoms with van der Waals surface area (Å²) in [7, 11) is 0. The molecule has 0 amide bonds. The van der Waals surface area contributed by atoms with Crippen LogP contribution in [0.2, 0.25) is 0 Å². The third-order valence-corrected chi connectivity index (χ3v) is 4.79. The van der Waals surface area contributed by atoms with Gasteiger partial charge in [0.15, 0.2) is 0 Å². The van der Waals surface area contributed by atoms with E-state index >= 15 is 0 Å². The van der Waals surface area contributed by atoms with Gasteiger partial charge in [-0.15, -0.1) is 0 Å². The zero-order chi connectivity index (χ0) is 17.1. The number of hydrogen-bond acceptors (Lipinski definition) is 4. The van der Waals surface area contributed by atoms with Crippen LogP contribution in [0.15, 0.2) is 12.2 Å². The average molecular weight is 348 g/mol. The summed E-state index contributed by atoms with van der Waals surface area (Å²) in [4.78, 5) is 10.7. The fourth-order valence-corrected chi connectivity index (χ4v) is 3.49. The molecule has 1 saturated carbocycles. The SMILES string of the molecule is CCCCCCCC[C@@H](O)/C=C/[C@@H]1CCC[C@@](O)(CC(=O)[O-])C1.[Na+]. The van der Waals surface area contributed by atoms with Gasteiger partial charge in [-0.05, 0) is 38.0 Å². The van der Waals surface area contributed by atoms with E-state index in [1.165, 1.54) is 32.1 Å². The maximum Gasteiger partial charge on any atom is 1.00 e. The molecule has 0 aromatic heterocycles. The van der Waals surface area contributed by atoms with E-state index in [2.05, 4.69) is 6.92 Å². The van der Waals surface area contributed by atoms with Crippen molar-refractivity contribution in [2.45, 2.75) is 95.7 Å². The number of unbranched alkanes of at least 4 members (excludes halogenated alkanes) is 5. The maximum absolute atomic E-state index is 10.7. The first-order chi connectivity index (χ1) is 10.9. The number of aliphatic hydroxyl groups is 2. The number of carbonyl (C=O) groups is 1. The predicted octanol–water partition coefficient (Wildman–Crippen LogP) is -0.281. The van der Waals surface area contributed by atoms with Crippen molar-refractivity contribution in [2.75, 3.05) is 0 Å². The standard InChI is InChI=1S/C19H34O4.Na/c1-2-3-4-5-6-7-10-17(20)12-11-16-9-8-13-19(23,14-16)15-18(21)22;/h11-12,16-17,20,23H,2-10,13-15H2,1H3,(H,21,22);/q;+1/p-1/b12-11+;/t16-,17+,19-;/m0./s1. The number of allylic oxidation sites excluding steroid dienone is 1. The van der Waals surface area contributed by atoms with Crippen LogP contribution < -0.4 is 34.7 Å². The number of rotatable bonds is 11. The van der Waals surface area contributed by atoms with Crippen LogP contribution in [-0.2, 0) is 4.79 Å². The zero-order valence-electron chi connectivity index (χ0n) is 15.5. The Morgan fingerprint density at radius 1 is 1.29 bits per heavy atom. The van der Waals surface area contributed by atoms with Crippen molar-refractivity contribution in [3.8, 4) is 0 Å². The van der Waals surface area contributed by atoms with Crippen LogP contribution in [0.25, 0.3) is 0 Å². The van der Waals surface area contributed by atoms with E-state index in [0.29, 0.717) is 12.8 Å². The van der Waals surface area contributed by atoms with Crippen molar-refractivity contribution in [3.63, 3.8) is 0 Å². The van der Waals surface area contributed by atoms with Gasteiger partial charge in [0.1, 0.15) is 0 Å². The van der Waals surface area contributed by atoms with Gasteiger partial charge in [-0.3, -0.25) is 0 Å². The van der Waals surface area contributed by atoms with Crippen molar-refractivity contribution >= 4 is 5.97 Å². The van der Waals surface area contributed by atoms with Gasteiger partial charge in [0.25, 0.3) is 0 Å². The molecule has 5 heteroatoms. The summed E-state index contributed by atoms with van der Waals surface area (Å²) in [6, 6.07) is 0. The number of carbonyl (C=O) groups excluding carboxylic acids is 1. The normalized spacial score (nSPS) is 25.4. The number of carboxylic acid groups (broad SMARTS) is 1. The molecule has 2 N–H and O–H groups in total. The van der Waals surface area contributed by atoms with Gasteiger partial charge in [-0.1, -0.05) is 57.6 Å². The minimum absolute atomic E-state index is 0. The van der Waals surface area contributed by atoms with E-state index < -0.39 is 17.7 Å². The Bertz CT molecular complexity index is 372. The number of aliphatic hydroxyl groups excluding tert-OH is 1. The molecule has 1 fully saturated rings. The summed E-state index contributed by atoms with van der Waals surface area (Å²) >= 11 is 0. The molecule has 3 atom stereocenters. The van der Waals surface area contributed by atoms with Gasteiger partial charge < -0.3 is 20.1 Å². The van der Waals surface area contributed by atoms with Crippen LogP contribution in [0.5, 0.6) is 0 Å². The molecule has 1 aliphatic carbocycles. The van der Waals surface area contributed by atoms with Crippen molar-refractivity contribution in [1.29, 1.82) is 0 Å². The largest absolute Gasteiger partial charge is 1.00 e. The minimum atomic E-state index is -1.19. The summed E-state index contributed by atoms with van der Waals surface area (Å²) < 4.78 is 0. The van der Waals surface area contributed by atoms with Crippen molar-refractivity contribution in [3.05, 3.63) is 12.2 Å². The Morgan fingerprint density at radius 2 is 1.96 bits per heavy atom. The van der Waals surface area contributed by atoms with Crippen molar-refractivity contribution in [2.24, 2.45) is 5.92 Å². The second-order valence-electron chi connectivity index (χ2n) is 7.14.